The Hall–Kier alpha value is -3.42. The molecular weight excluding hydrogens is 374 g/mol. The monoisotopic (exact) mass is 397 g/mol. The van der Waals surface area contributed by atoms with Crippen LogP contribution in [0.15, 0.2) is 48.5 Å². The Balaban J connectivity index is 1.36. The van der Waals surface area contributed by atoms with Crippen LogP contribution in [0.3, 0.4) is 0 Å². The molecule has 2 aromatic carbocycles. The molecule has 0 spiro atoms. The summed E-state index contributed by atoms with van der Waals surface area (Å²) in [5.41, 5.74) is 6.99. The molecule has 2 aliphatic heterocycles. The van der Waals surface area contributed by atoms with Gasteiger partial charge in [0.2, 0.25) is 12.7 Å². The number of carbonyl (C=O) groups excluding carboxylic acids is 2. The quantitative estimate of drug-likeness (QED) is 0.832. The number of carbonyl (C=O) groups is 2. The minimum Gasteiger partial charge on any atom is -0.454 e. The molecule has 29 heavy (non-hydrogen) atoms. The Morgan fingerprint density at radius 1 is 1.00 bits per heavy atom. The Bertz CT molecular complexity index is 881. The third-order valence-electron chi connectivity index (χ3n) is 5.14. The molecule has 8 nitrogen and oxygen atoms in total. The van der Waals surface area contributed by atoms with Crippen LogP contribution in [0.25, 0.3) is 0 Å². The van der Waals surface area contributed by atoms with Crippen LogP contribution in [0.4, 0.5) is 10.5 Å². The van der Waals surface area contributed by atoms with E-state index in [4.69, 9.17) is 19.9 Å². The van der Waals surface area contributed by atoms with E-state index in [0.717, 1.165) is 22.7 Å². The third kappa shape index (κ3) is 4.37. The van der Waals surface area contributed by atoms with Gasteiger partial charge in [0.05, 0.1) is 6.42 Å². The number of anilines is 1. The first kappa shape index (κ1) is 18.9. The number of nitrogens with two attached hydrogens (primary N) is 1. The van der Waals surface area contributed by atoms with Gasteiger partial charge in [0.1, 0.15) is 6.10 Å². The molecule has 4 rings (SSSR count). The maximum Gasteiger partial charge on any atom is 0.405 e. The third-order valence-corrected chi connectivity index (χ3v) is 5.14. The van der Waals surface area contributed by atoms with E-state index in [2.05, 4.69) is 4.90 Å². The molecule has 1 saturated heterocycles. The van der Waals surface area contributed by atoms with Crippen molar-refractivity contribution in [1.82, 2.24) is 4.90 Å². The number of fused-ring (bicyclic) bond motifs is 1. The lowest BCUT2D eigenvalue weighted by Gasteiger charge is -2.36. The van der Waals surface area contributed by atoms with Crippen LogP contribution in [0.5, 0.6) is 11.5 Å². The molecule has 152 valence electrons. The van der Waals surface area contributed by atoms with Crippen LogP contribution in [0, 0.1) is 0 Å². The summed E-state index contributed by atoms with van der Waals surface area (Å²) in [6.07, 6.45) is -1.51. The van der Waals surface area contributed by atoms with Crippen molar-refractivity contribution in [2.45, 2.75) is 12.5 Å². The van der Waals surface area contributed by atoms with Gasteiger partial charge in [-0.15, -0.1) is 0 Å². The second kappa shape index (κ2) is 8.30. The highest BCUT2D eigenvalue weighted by Crippen LogP contribution is 2.35. The lowest BCUT2D eigenvalue weighted by Crippen LogP contribution is -2.49. The standard InChI is InChI=1S/C21H23N3O5/c22-21(26)29-18(15-4-2-1-3-5-15)13-20(25)24-10-8-23(9-11-24)16-6-7-17-19(12-16)28-14-27-17/h1-7,12,18H,8-11,13-14H2,(H2,22,26). The normalized spacial score (nSPS) is 16.4. The lowest BCUT2D eigenvalue weighted by molar-refractivity contribution is -0.133. The summed E-state index contributed by atoms with van der Waals surface area (Å²) in [4.78, 5) is 28.1. The largest absolute Gasteiger partial charge is 0.454 e. The molecule has 0 saturated carbocycles. The van der Waals surface area contributed by atoms with Crippen LogP contribution < -0.4 is 20.1 Å². The molecule has 0 aliphatic carbocycles. The molecule has 0 radical (unpaired) electrons. The van der Waals surface area contributed by atoms with Crippen LogP contribution in [0.1, 0.15) is 18.1 Å². The Morgan fingerprint density at radius 2 is 1.72 bits per heavy atom. The Labute approximate surface area is 168 Å². The fraction of sp³-hybridized carbons (Fsp3) is 0.333. The van der Waals surface area contributed by atoms with Crippen molar-refractivity contribution in [3.05, 3.63) is 54.1 Å². The number of benzene rings is 2. The Morgan fingerprint density at radius 3 is 2.45 bits per heavy atom. The van der Waals surface area contributed by atoms with Crippen molar-refractivity contribution < 1.29 is 23.8 Å². The van der Waals surface area contributed by atoms with E-state index in [1.165, 1.54) is 0 Å². The molecule has 0 aromatic heterocycles. The van der Waals surface area contributed by atoms with Crippen molar-refractivity contribution in [3.63, 3.8) is 0 Å². The maximum atomic E-state index is 12.8. The fourth-order valence-electron chi connectivity index (χ4n) is 3.62. The van der Waals surface area contributed by atoms with Gasteiger partial charge in [-0.1, -0.05) is 30.3 Å². The van der Waals surface area contributed by atoms with Crippen LogP contribution >= 0.6 is 0 Å². The molecule has 1 atom stereocenters. The molecule has 1 fully saturated rings. The molecule has 2 aliphatic rings. The first-order chi connectivity index (χ1) is 14.1. The number of rotatable bonds is 5. The predicted octanol–water partition coefficient (Wildman–Crippen LogP) is 2.29. The second-order valence-electron chi connectivity index (χ2n) is 6.95. The molecule has 2 heterocycles. The second-order valence-corrected chi connectivity index (χ2v) is 6.95. The van der Waals surface area contributed by atoms with Crippen LogP contribution in [-0.4, -0.2) is 49.9 Å². The zero-order valence-electron chi connectivity index (χ0n) is 16.0. The van der Waals surface area contributed by atoms with Gasteiger partial charge >= 0.3 is 6.09 Å². The van der Waals surface area contributed by atoms with Crippen molar-refractivity contribution in [1.29, 1.82) is 0 Å². The number of piperazine rings is 1. The van der Waals surface area contributed by atoms with E-state index in [-0.39, 0.29) is 19.1 Å². The van der Waals surface area contributed by atoms with Gasteiger partial charge in [0, 0.05) is 37.9 Å². The maximum absolute atomic E-state index is 12.8. The number of hydrogen-bond acceptors (Lipinski definition) is 6. The number of primary amides is 1. The average molecular weight is 397 g/mol. The summed E-state index contributed by atoms with van der Waals surface area (Å²) in [5, 5.41) is 0. The summed E-state index contributed by atoms with van der Waals surface area (Å²) in [5.74, 6) is 1.43. The number of ether oxygens (including phenoxy) is 3. The molecule has 1 unspecified atom stereocenters. The van der Waals surface area contributed by atoms with Gasteiger partial charge in [-0.2, -0.15) is 0 Å². The highest BCUT2D eigenvalue weighted by Gasteiger charge is 2.26. The molecule has 2 aromatic rings. The van der Waals surface area contributed by atoms with Gasteiger partial charge in [-0.25, -0.2) is 4.79 Å². The lowest BCUT2D eigenvalue weighted by atomic mass is 10.1. The van der Waals surface area contributed by atoms with E-state index in [1.54, 1.807) is 4.90 Å². The number of amides is 2. The van der Waals surface area contributed by atoms with Crippen molar-refractivity contribution >= 4 is 17.7 Å². The van der Waals surface area contributed by atoms with E-state index < -0.39 is 12.2 Å². The van der Waals surface area contributed by atoms with E-state index >= 15 is 0 Å². The first-order valence-corrected chi connectivity index (χ1v) is 9.53. The number of hydrogen-bond donors (Lipinski definition) is 1. The Kier molecular flexibility index (Phi) is 5.41. The van der Waals surface area contributed by atoms with Gasteiger partial charge in [-0.05, 0) is 17.7 Å². The molecular formula is C21H23N3O5. The molecule has 2 amide bonds. The van der Waals surface area contributed by atoms with Crippen molar-refractivity contribution in [2.24, 2.45) is 5.73 Å². The van der Waals surface area contributed by atoms with Gasteiger partial charge < -0.3 is 29.7 Å². The summed E-state index contributed by atoms with van der Waals surface area (Å²) < 4.78 is 16.0. The summed E-state index contributed by atoms with van der Waals surface area (Å²) >= 11 is 0. The molecule has 0 bridgehead atoms. The van der Waals surface area contributed by atoms with Gasteiger partial charge in [-0.3, -0.25) is 4.79 Å². The van der Waals surface area contributed by atoms with Crippen molar-refractivity contribution in [2.75, 3.05) is 37.9 Å². The highest BCUT2D eigenvalue weighted by molar-refractivity contribution is 5.78. The van der Waals surface area contributed by atoms with E-state index in [0.29, 0.717) is 26.2 Å². The minimum absolute atomic E-state index is 0.0644. The van der Waals surface area contributed by atoms with E-state index in [1.807, 2.05) is 48.5 Å². The van der Waals surface area contributed by atoms with Gasteiger partial charge in [0.25, 0.3) is 0 Å². The highest BCUT2D eigenvalue weighted by atomic mass is 16.7. The van der Waals surface area contributed by atoms with Crippen LogP contribution in [-0.2, 0) is 9.53 Å². The predicted molar refractivity (Wildman–Crippen MR) is 106 cm³/mol. The van der Waals surface area contributed by atoms with Gasteiger partial charge in [0.15, 0.2) is 11.5 Å². The topological polar surface area (TPSA) is 94.3 Å². The average Bonchev–Trinajstić information content (AvgIpc) is 3.21. The zero-order chi connectivity index (χ0) is 20.2. The molecule has 8 heteroatoms. The summed E-state index contributed by atoms with van der Waals surface area (Å²) in [6.45, 7) is 2.84. The van der Waals surface area contributed by atoms with Crippen LogP contribution in [0.2, 0.25) is 0 Å². The zero-order valence-corrected chi connectivity index (χ0v) is 16.0. The SMILES string of the molecule is NC(=O)OC(CC(=O)N1CCN(c2ccc3c(c2)OCO3)CC1)c1ccccc1. The van der Waals surface area contributed by atoms with E-state index in [9.17, 15) is 9.59 Å². The summed E-state index contributed by atoms with van der Waals surface area (Å²) in [6, 6.07) is 15.0. The smallest absolute Gasteiger partial charge is 0.405 e. The number of nitrogens with zero attached hydrogens (tertiary/aromatic N) is 2. The summed E-state index contributed by atoms with van der Waals surface area (Å²) in [7, 11) is 0. The first-order valence-electron chi connectivity index (χ1n) is 9.53. The minimum atomic E-state index is -0.890. The fourth-order valence-corrected chi connectivity index (χ4v) is 3.62. The molecule has 2 N–H and O–H groups in total. The van der Waals surface area contributed by atoms with Crippen molar-refractivity contribution in [3.8, 4) is 11.5 Å².